The highest BCUT2D eigenvalue weighted by Gasteiger charge is 2.35. The molecule has 0 aliphatic carbocycles. The highest BCUT2D eigenvalue weighted by Crippen LogP contribution is 2.40. The fourth-order valence-corrected chi connectivity index (χ4v) is 5.69. The molecule has 5 nitrogen and oxygen atoms in total. The predicted molar refractivity (Wildman–Crippen MR) is 152 cm³/mol. The van der Waals surface area contributed by atoms with E-state index in [1.54, 1.807) is 19.3 Å². The first kappa shape index (κ1) is 25.1. The molecule has 0 bridgehead atoms. The summed E-state index contributed by atoms with van der Waals surface area (Å²) in [5.74, 6) is 0.796. The summed E-state index contributed by atoms with van der Waals surface area (Å²) in [4.78, 5) is 27.3. The van der Waals surface area contributed by atoms with Crippen molar-refractivity contribution < 1.29 is 19.1 Å². The Kier molecular flexibility index (Phi) is 7.35. The van der Waals surface area contributed by atoms with E-state index in [1.165, 1.54) is 4.90 Å². The number of fused-ring (bicyclic) bond motifs is 1. The molecule has 2 amide bonds. The lowest BCUT2D eigenvalue weighted by Crippen LogP contribution is -2.27. The van der Waals surface area contributed by atoms with E-state index in [1.807, 2.05) is 61.5 Å². The van der Waals surface area contributed by atoms with Gasteiger partial charge in [-0.1, -0.05) is 66.7 Å². The lowest BCUT2D eigenvalue weighted by Gasteiger charge is -2.15. The molecular weight excluding hydrogens is 550 g/mol. The van der Waals surface area contributed by atoms with E-state index in [0.717, 1.165) is 44.8 Å². The van der Waals surface area contributed by atoms with Gasteiger partial charge in [-0.15, -0.1) is 0 Å². The van der Waals surface area contributed by atoms with Gasteiger partial charge < -0.3 is 9.47 Å². The van der Waals surface area contributed by atoms with Gasteiger partial charge in [-0.25, -0.2) is 0 Å². The van der Waals surface area contributed by atoms with E-state index < -0.39 is 0 Å². The third-order valence-corrected chi connectivity index (χ3v) is 7.76. The minimum Gasteiger partial charge on any atom is -0.493 e. The Morgan fingerprint density at radius 1 is 0.946 bits per heavy atom. The Balaban J connectivity index is 1.37. The maximum atomic E-state index is 13.1. The molecule has 7 heteroatoms. The molecular formula is C30H24BrNO4S. The van der Waals surface area contributed by atoms with Gasteiger partial charge in [-0.3, -0.25) is 14.5 Å². The van der Waals surface area contributed by atoms with Crippen LogP contribution in [-0.4, -0.2) is 23.2 Å². The van der Waals surface area contributed by atoms with Crippen molar-refractivity contribution in [2.75, 3.05) is 7.11 Å². The van der Waals surface area contributed by atoms with Crippen molar-refractivity contribution in [3.8, 4) is 11.5 Å². The van der Waals surface area contributed by atoms with E-state index in [0.29, 0.717) is 27.5 Å². The molecule has 1 heterocycles. The highest BCUT2D eigenvalue weighted by molar-refractivity contribution is 9.10. The van der Waals surface area contributed by atoms with Crippen molar-refractivity contribution in [1.29, 1.82) is 0 Å². The van der Waals surface area contributed by atoms with Crippen molar-refractivity contribution >= 4 is 55.7 Å². The molecule has 1 fully saturated rings. The van der Waals surface area contributed by atoms with Crippen molar-refractivity contribution in [2.45, 2.75) is 20.1 Å². The number of hydrogen-bond acceptors (Lipinski definition) is 5. The van der Waals surface area contributed by atoms with Gasteiger partial charge >= 0.3 is 0 Å². The SMILES string of the molecule is COc1cc(/C=C2\SC(=O)N(Cc3ccccc3C)C2=O)cc(Br)c1OCc1cccc2ccccc12. The molecule has 4 aromatic carbocycles. The van der Waals surface area contributed by atoms with Gasteiger partial charge in [-0.05, 0) is 85.9 Å². The topological polar surface area (TPSA) is 55.8 Å². The number of imide groups is 1. The largest absolute Gasteiger partial charge is 0.493 e. The fraction of sp³-hybridized carbons (Fsp3) is 0.133. The summed E-state index contributed by atoms with van der Waals surface area (Å²) in [6.07, 6.45) is 1.71. The van der Waals surface area contributed by atoms with Crippen LogP contribution in [-0.2, 0) is 17.9 Å². The zero-order valence-electron chi connectivity index (χ0n) is 20.4. The van der Waals surface area contributed by atoms with Crippen LogP contribution in [0.3, 0.4) is 0 Å². The molecule has 5 rings (SSSR count). The van der Waals surface area contributed by atoms with E-state index in [2.05, 4.69) is 34.1 Å². The standard InChI is InChI=1S/C30H24BrNO4S/c1-19-8-3-4-10-22(19)17-32-29(33)27(37-30(32)34)16-20-14-25(31)28(26(15-20)35-2)36-18-23-12-7-11-21-9-5-6-13-24(21)23/h3-16H,17-18H2,1-2H3/b27-16-. The number of thioether (sulfide) groups is 1. The second kappa shape index (κ2) is 10.8. The second-order valence-corrected chi connectivity index (χ2v) is 10.5. The van der Waals surface area contributed by atoms with E-state index >= 15 is 0 Å². The molecule has 0 radical (unpaired) electrons. The molecule has 0 atom stereocenters. The van der Waals surface area contributed by atoms with Crippen molar-refractivity contribution in [1.82, 2.24) is 4.90 Å². The normalized spacial score (nSPS) is 14.6. The number of aryl methyl sites for hydroxylation is 1. The van der Waals surface area contributed by atoms with Gasteiger partial charge in [0, 0.05) is 0 Å². The molecule has 1 saturated heterocycles. The number of amides is 2. The van der Waals surface area contributed by atoms with Gasteiger partial charge in [-0.2, -0.15) is 0 Å². The van der Waals surface area contributed by atoms with Gasteiger partial charge in [0.15, 0.2) is 11.5 Å². The molecule has 0 unspecified atom stereocenters. The maximum absolute atomic E-state index is 13.1. The number of halogens is 1. The summed E-state index contributed by atoms with van der Waals surface area (Å²) in [6, 6.07) is 25.7. The quantitative estimate of drug-likeness (QED) is 0.212. The average Bonchev–Trinajstić information content (AvgIpc) is 3.16. The molecule has 0 saturated carbocycles. The summed E-state index contributed by atoms with van der Waals surface area (Å²) < 4.78 is 12.5. The van der Waals surface area contributed by atoms with Crippen LogP contribution < -0.4 is 9.47 Å². The van der Waals surface area contributed by atoms with E-state index in [4.69, 9.17) is 9.47 Å². The zero-order valence-corrected chi connectivity index (χ0v) is 22.8. The Bertz CT molecular complexity index is 1540. The minimum atomic E-state index is -0.301. The molecule has 1 aliphatic heterocycles. The second-order valence-electron chi connectivity index (χ2n) is 8.66. The van der Waals surface area contributed by atoms with Gasteiger partial charge in [0.25, 0.3) is 11.1 Å². The number of hydrogen-bond donors (Lipinski definition) is 0. The number of carbonyl (C=O) groups is 2. The Hall–Kier alpha value is -3.55. The lowest BCUT2D eigenvalue weighted by atomic mass is 10.1. The lowest BCUT2D eigenvalue weighted by molar-refractivity contribution is -0.123. The molecule has 37 heavy (non-hydrogen) atoms. The van der Waals surface area contributed by atoms with Crippen LogP contribution >= 0.6 is 27.7 Å². The summed E-state index contributed by atoms with van der Waals surface area (Å²) in [5, 5.41) is 2.01. The fourth-order valence-electron chi connectivity index (χ4n) is 4.28. The zero-order chi connectivity index (χ0) is 25.9. The summed E-state index contributed by atoms with van der Waals surface area (Å²) in [6.45, 7) is 2.59. The third kappa shape index (κ3) is 5.29. The monoisotopic (exact) mass is 573 g/mol. The van der Waals surface area contributed by atoms with Crippen LogP contribution in [0.4, 0.5) is 4.79 Å². The first-order valence-electron chi connectivity index (χ1n) is 11.7. The number of nitrogens with zero attached hydrogens (tertiary/aromatic N) is 1. The Morgan fingerprint density at radius 2 is 1.68 bits per heavy atom. The van der Waals surface area contributed by atoms with Gasteiger partial charge in [0.1, 0.15) is 6.61 Å². The van der Waals surface area contributed by atoms with Crippen LogP contribution in [0.15, 0.2) is 88.2 Å². The van der Waals surface area contributed by atoms with Crippen LogP contribution in [0.25, 0.3) is 16.8 Å². The highest BCUT2D eigenvalue weighted by atomic mass is 79.9. The summed E-state index contributed by atoms with van der Waals surface area (Å²) >= 11 is 4.54. The predicted octanol–water partition coefficient (Wildman–Crippen LogP) is 7.73. The molecule has 0 spiro atoms. The summed E-state index contributed by atoms with van der Waals surface area (Å²) in [5.41, 5.74) is 3.78. The molecule has 1 aliphatic rings. The Morgan fingerprint density at radius 3 is 2.49 bits per heavy atom. The van der Waals surface area contributed by atoms with E-state index in [9.17, 15) is 9.59 Å². The first-order chi connectivity index (χ1) is 17.9. The number of benzene rings is 4. The maximum Gasteiger partial charge on any atom is 0.293 e. The summed E-state index contributed by atoms with van der Waals surface area (Å²) in [7, 11) is 1.58. The van der Waals surface area contributed by atoms with Gasteiger partial charge in [0.05, 0.1) is 23.0 Å². The van der Waals surface area contributed by atoms with Crippen molar-refractivity contribution in [3.63, 3.8) is 0 Å². The van der Waals surface area contributed by atoms with E-state index in [-0.39, 0.29) is 17.7 Å². The average molecular weight is 574 g/mol. The number of rotatable bonds is 7. The van der Waals surface area contributed by atoms with Crippen LogP contribution in [0.5, 0.6) is 11.5 Å². The minimum absolute atomic E-state index is 0.253. The molecule has 0 N–H and O–H groups in total. The smallest absolute Gasteiger partial charge is 0.293 e. The Labute approximate surface area is 228 Å². The van der Waals surface area contributed by atoms with Crippen molar-refractivity contribution in [3.05, 3.63) is 110 Å². The van der Waals surface area contributed by atoms with Crippen LogP contribution in [0.1, 0.15) is 22.3 Å². The number of ether oxygens (including phenoxy) is 2. The molecule has 186 valence electrons. The van der Waals surface area contributed by atoms with Crippen LogP contribution in [0, 0.1) is 6.92 Å². The number of carbonyl (C=O) groups excluding carboxylic acids is 2. The molecule has 0 aromatic heterocycles. The van der Waals surface area contributed by atoms with Gasteiger partial charge in [0.2, 0.25) is 0 Å². The molecule has 4 aromatic rings. The van der Waals surface area contributed by atoms with Crippen LogP contribution in [0.2, 0.25) is 0 Å². The first-order valence-corrected chi connectivity index (χ1v) is 13.3. The van der Waals surface area contributed by atoms with Crippen molar-refractivity contribution in [2.24, 2.45) is 0 Å². The third-order valence-electron chi connectivity index (χ3n) is 6.26. The number of methoxy groups -OCH3 is 1.